The summed E-state index contributed by atoms with van der Waals surface area (Å²) in [4.78, 5) is 7.02. The molecule has 24 heavy (non-hydrogen) atoms. The van der Waals surface area contributed by atoms with E-state index < -0.39 is 0 Å². The minimum Gasteiger partial charge on any atom is -0.399 e. The van der Waals surface area contributed by atoms with Crippen molar-refractivity contribution in [2.24, 2.45) is 0 Å². The van der Waals surface area contributed by atoms with Crippen LogP contribution in [-0.4, -0.2) is 48.8 Å². The number of hydrogen-bond donors (Lipinski definition) is 0. The summed E-state index contributed by atoms with van der Waals surface area (Å²) in [7, 11) is 3.89. The Balaban J connectivity index is 1.77. The molecule has 0 aliphatic carbocycles. The lowest BCUT2D eigenvalue weighted by Crippen LogP contribution is -2.41. The van der Waals surface area contributed by atoms with Crippen molar-refractivity contribution in [3.05, 3.63) is 23.2 Å². The molecule has 0 amide bonds. The lowest BCUT2D eigenvalue weighted by molar-refractivity contribution is 0.00578. The number of fused-ring (bicyclic) bond motifs is 1. The number of hydrogen-bond acceptors (Lipinski definition) is 5. The predicted molar refractivity (Wildman–Crippen MR) is 102 cm³/mol. The van der Waals surface area contributed by atoms with E-state index >= 15 is 0 Å². The molecule has 1 aromatic carbocycles. The largest absolute Gasteiger partial charge is 0.494 e. The molecule has 0 N–H and O–H groups in total. The summed E-state index contributed by atoms with van der Waals surface area (Å²) in [5.41, 5.74) is 1.47. The van der Waals surface area contributed by atoms with Crippen molar-refractivity contribution >= 4 is 34.1 Å². The number of rotatable bonds is 5. The Morgan fingerprint density at radius 1 is 1.12 bits per heavy atom. The number of benzene rings is 1. The van der Waals surface area contributed by atoms with E-state index in [4.69, 9.17) is 14.3 Å². The monoisotopic (exact) mass is 346 g/mol. The SMILES string of the molecule is CN(C)CCCc1nc2cc(B3OC(C)(C)C(C)(C)O3)ccc2s1. The van der Waals surface area contributed by atoms with Crippen molar-refractivity contribution in [2.45, 2.75) is 51.7 Å². The van der Waals surface area contributed by atoms with Gasteiger partial charge in [0.2, 0.25) is 0 Å². The third kappa shape index (κ3) is 3.52. The highest BCUT2D eigenvalue weighted by Crippen LogP contribution is 2.36. The second kappa shape index (κ2) is 6.41. The maximum atomic E-state index is 6.14. The van der Waals surface area contributed by atoms with Crippen molar-refractivity contribution in [2.75, 3.05) is 20.6 Å². The quantitative estimate of drug-likeness (QED) is 0.780. The van der Waals surface area contributed by atoms with Gasteiger partial charge in [-0.2, -0.15) is 0 Å². The Hall–Kier alpha value is -0.945. The molecule has 1 aromatic heterocycles. The zero-order chi connectivity index (χ0) is 17.5. The van der Waals surface area contributed by atoms with Gasteiger partial charge in [-0.05, 0) is 72.4 Å². The van der Waals surface area contributed by atoms with Crippen LogP contribution in [0.5, 0.6) is 0 Å². The van der Waals surface area contributed by atoms with Gasteiger partial charge in [-0.1, -0.05) is 6.07 Å². The summed E-state index contributed by atoms with van der Waals surface area (Å²) in [6.07, 6.45) is 2.17. The fourth-order valence-electron chi connectivity index (χ4n) is 2.77. The Bertz CT molecular complexity index is 711. The number of aromatic nitrogens is 1. The van der Waals surface area contributed by atoms with E-state index in [9.17, 15) is 0 Å². The molecular formula is C18H27BN2O2S. The van der Waals surface area contributed by atoms with Gasteiger partial charge in [0.05, 0.1) is 26.4 Å². The van der Waals surface area contributed by atoms with Gasteiger partial charge in [-0.15, -0.1) is 11.3 Å². The first kappa shape index (κ1) is 17.9. The molecule has 1 saturated heterocycles. The highest BCUT2D eigenvalue weighted by atomic mass is 32.1. The lowest BCUT2D eigenvalue weighted by Gasteiger charge is -2.32. The summed E-state index contributed by atoms with van der Waals surface area (Å²) >= 11 is 1.79. The van der Waals surface area contributed by atoms with Gasteiger partial charge in [0.1, 0.15) is 0 Å². The van der Waals surface area contributed by atoms with Crippen molar-refractivity contribution in [3.63, 3.8) is 0 Å². The molecule has 3 rings (SSSR count). The molecule has 0 unspecified atom stereocenters. The van der Waals surface area contributed by atoms with Gasteiger partial charge >= 0.3 is 7.12 Å². The molecule has 0 radical (unpaired) electrons. The summed E-state index contributed by atoms with van der Waals surface area (Å²) in [5.74, 6) is 0. The van der Waals surface area contributed by atoms with Gasteiger partial charge in [-0.3, -0.25) is 0 Å². The minimum absolute atomic E-state index is 0.313. The highest BCUT2D eigenvalue weighted by molar-refractivity contribution is 7.18. The van der Waals surface area contributed by atoms with Crippen LogP contribution in [-0.2, 0) is 15.7 Å². The molecule has 2 heterocycles. The minimum atomic E-state index is -0.321. The van der Waals surface area contributed by atoms with Crippen LogP contribution in [0.15, 0.2) is 18.2 Å². The molecule has 0 atom stereocenters. The van der Waals surface area contributed by atoms with Crippen molar-refractivity contribution in [1.82, 2.24) is 9.88 Å². The molecule has 0 bridgehead atoms. The van der Waals surface area contributed by atoms with Gasteiger partial charge in [0.15, 0.2) is 0 Å². The van der Waals surface area contributed by atoms with E-state index in [0.717, 1.165) is 30.4 Å². The Morgan fingerprint density at radius 3 is 2.42 bits per heavy atom. The third-order valence-corrected chi connectivity index (χ3v) is 6.07. The Labute approximate surface area is 149 Å². The van der Waals surface area contributed by atoms with Crippen LogP contribution in [0.25, 0.3) is 10.2 Å². The fraction of sp³-hybridized carbons (Fsp3) is 0.611. The van der Waals surface area contributed by atoms with Gasteiger partial charge < -0.3 is 14.2 Å². The van der Waals surface area contributed by atoms with Crippen molar-refractivity contribution < 1.29 is 9.31 Å². The Morgan fingerprint density at radius 2 is 1.79 bits per heavy atom. The van der Waals surface area contributed by atoms with Crippen LogP contribution in [0.1, 0.15) is 39.1 Å². The molecule has 0 saturated carbocycles. The lowest BCUT2D eigenvalue weighted by atomic mass is 9.79. The average molecular weight is 346 g/mol. The maximum Gasteiger partial charge on any atom is 0.494 e. The summed E-state index contributed by atoms with van der Waals surface area (Å²) in [5, 5.41) is 1.21. The van der Waals surface area contributed by atoms with Crippen molar-refractivity contribution in [1.29, 1.82) is 0 Å². The summed E-state index contributed by atoms with van der Waals surface area (Å²) in [6, 6.07) is 6.36. The third-order valence-electron chi connectivity index (χ3n) is 4.98. The molecule has 2 aromatic rings. The molecule has 0 spiro atoms. The van der Waals surface area contributed by atoms with Gasteiger partial charge in [0.25, 0.3) is 0 Å². The van der Waals surface area contributed by atoms with Gasteiger partial charge in [0, 0.05) is 6.42 Å². The molecule has 4 nitrogen and oxygen atoms in total. The zero-order valence-corrected chi connectivity index (χ0v) is 16.4. The molecule has 1 fully saturated rings. The fourth-order valence-corrected chi connectivity index (χ4v) is 3.76. The smallest absolute Gasteiger partial charge is 0.399 e. The molecular weight excluding hydrogens is 319 g/mol. The first-order chi connectivity index (χ1) is 11.2. The van der Waals surface area contributed by atoms with Crippen LogP contribution in [0.2, 0.25) is 0 Å². The summed E-state index contributed by atoms with van der Waals surface area (Å²) < 4.78 is 13.5. The van der Waals surface area contributed by atoms with Gasteiger partial charge in [-0.25, -0.2) is 4.98 Å². The second-order valence-corrected chi connectivity index (χ2v) is 8.95. The molecule has 1 aliphatic heterocycles. The van der Waals surface area contributed by atoms with E-state index in [-0.39, 0.29) is 18.3 Å². The standard InChI is InChI=1S/C18H27BN2O2S/c1-17(2)18(3,4)23-19(22-17)13-9-10-15-14(12-13)20-16(24-15)8-7-11-21(5)6/h9-10,12H,7-8,11H2,1-6H3. The molecule has 1 aliphatic rings. The number of nitrogens with zero attached hydrogens (tertiary/aromatic N) is 2. The topological polar surface area (TPSA) is 34.6 Å². The van der Waals surface area contributed by atoms with Crippen molar-refractivity contribution in [3.8, 4) is 0 Å². The van der Waals surface area contributed by atoms with Crippen LogP contribution in [0.4, 0.5) is 0 Å². The van der Waals surface area contributed by atoms with Crippen LogP contribution < -0.4 is 5.46 Å². The maximum absolute atomic E-state index is 6.14. The van der Waals surface area contributed by atoms with E-state index in [1.807, 2.05) is 0 Å². The van der Waals surface area contributed by atoms with E-state index in [2.05, 4.69) is 64.9 Å². The highest BCUT2D eigenvalue weighted by Gasteiger charge is 2.51. The predicted octanol–water partition coefficient (Wildman–Crippen LogP) is 3.09. The molecule has 130 valence electrons. The number of thiazole rings is 1. The zero-order valence-electron chi connectivity index (χ0n) is 15.5. The average Bonchev–Trinajstić information content (AvgIpc) is 2.95. The molecule has 6 heteroatoms. The van der Waals surface area contributed by atoms with E-state index in [1.165, 1.54) is 9.71 Å². The van der Waals surface area contributed by atoms with Crippen LogP contribution in [0.3, 0.4) is 0 Å². The second-order valence-electron chi connectivity index (χ2n) is 7.83. The normalized spacial score (nSPS) is 19.5. The van der Waals surface area contributed by atoms with Crippen LogP contribution >= 0.6 is 11.3 Å². The first-order valence-corrected chi connectivity index (χ1v) is 9.39. The van der Waals surface area contributed by atoms with E-state index in [0.29, 0.717) is 0 Å². The summed E-state index contributed by atoms with van der Waals surface area (Å²) in [6.45, 7) is 9.41. The van der Waals surface area contributed by atoms with Crippen LogP contribution in [0, 0.1) is 0 Å². The first-order valence-electron chi connectivity index (χ1n) is 8.58. The Kier molecular flexibility index (Phi) is 4.77. The number of aryl methyl sites for hydroxylation is 1. The van der Waals surface area contributed by atoms with E-state index in [1.54, 1.807) is 11.3 Å².